The average molecular weight is 266 g/mol. The molecule has 0 amide bonds. The van der Waals surface area contributed by atoms with Crippen LogP contribution < -0.4 is 10.2 Å². The highest BCUT2D eigenvalue weighted by Gasteiger charge is 2.44. The van der Waals surface area contributed by atoms with Crippen LogP contribution in [-0.2, 0) is 0 Å². The van der Waals surface area contributed by atoms with Crippen molar-refractivity contribution < 1.29 is 9.50 Å². The lowest BCUT2D eigenvalue weighted by Crippen LogP contribution is -2.56. The molecule has 1 fully saturated rings. The van der Waals surface area contributed by atoms with Crippen molar-refractivity contribution in [2.45, 2.75) is 25.3 Å². The minimum Gasteiger partial charge on any atom is -0.394 e. The standard InChI is InChI=1S/C15H23FN2O/c1-3-18(14-8-6-13(16)7-9-14)10-15(11-19,17-2)12-4-5-12/h6-9,12,17,19H,3-5,10-11H2,1-2H3. The van der Waals surface area contributed by atoms with Crippen molar-refractivity contribution in [1.29, 1.82) is 0 Å². The number of aliphatic hydroxyl groups excluding tert-OH is 1. The van der Waals surface area contributed by atoms with Crippen LogP contribution in [-0.4, -0.2) is 37.4 Å². The van der Waals surface area contributed by atoms with Gasteiger partial charge in [-0.3, -0.25) is 0 Å². The molecule has 0 spiro atoms. The molecule has 106 valence electrons. The summed E-state index contributed by atoms with van der Waals surface area (Å²) in [5.74, 6) is 0.320. The molecule has 1 unspecified atom stereocenters. The van der Waals surface area contributed by atoms with Gasteiger partial charge in [0.1, 0.15) is 5.82 Å². The van der Waals surface area contributed by atoms with Crippen molar-refractivity contribution >= 4 is 5.69 Å². The maximum absolute atomic E-state index is 13.0. The average Bonchev–Trinajstić information content (AvgIpc) is 3.27. The first kappa shape index (κ1) is 14.3. The van der Waals surface area contributed by atoms with Crippen molar-refractivity contribution in [1.82, 2.24) is 5.32 Å². The fourth-order valence-electron chi connectivity index (χ4n) is 2.68. The Kier molecular flexibility index (Phi) is 4.42. The van der Waals surface area contributed by atoms with E-state index in [4.69, 9.17) is 0 Å². The van der Waals surface area contributed by atoms with Gasteiger partial charge < -0.3 is 15.3 Å². The smallest absolute Gasteiger partial charge is 0.123 e. The van der Waals surface area contributed by atoms with Crippen LogP contribution in [0.5, 0.6) is 0 Å². The van der Waals surface area contributed by atoms with Crippen molar-refractivity contribution in [2.24, 2.45) is 5.92 Å². The lowest BCUT2D eigenvalue weighted by molar-refractivity contribution is 0.152. The number of aliphatic hydroxyl groups is 1. The van der Waals surface area contributed by atoms with Gasteiger partial charge in [-0.25, -0.2) is 4.39 Å². The largest absolute Gasteiger partial charge is 0.394 e. The first-order chi connectivity index (χ1) is 9.15. The third-order valence-electron chi connectivity index (χ3n) is 4.19. The molecule has 0 bridgehead atoms. The van der Waals surface area contributed by atoms with Crippen LogP contribution in [0, 0.1) is 11.7 Å². The van der Waals surface area contributed by atoms with Gasteiger partial charge in [-0.05, 0) is 57.0 Å². The summed E-state index contributed by atoms with van der Waals surface area (Å²) in [6.07, 6.45) is 2.34. The molecule has 0 saturated heterocycles. The number of anilines is 1. The Morgan fingerprint density at radius 2 is 2.00 bits per heavy atom. The lowest BCUT2D eigenvalue weighted by Gasteiger charge is -2.38. The van der Waals surface area contributed by atoms with Crippen molar-refractivity contribution in [3.63, 3.8) is 0 Å². The number of rotatable bonds is 7. The molecule has 19 heavy (non-hydrogen) atoms. The molecule has 1 aliphatic carbocycles. The molecule has 0 aliphatic heterocycles. The molecule has 0 aromatic heterocycles. The van der Waals surface area contributed by atoms with Crippen molar-refractivity contribution in [3.05, 3.63) is 30.1 Å². The van der Waals surface area contributed by atoms with E-state index in [2.05, 4.69) is 17.1 Å². The molecule has 3 nitrogen and oxygen atoms in total. The maximum atomic E-state index is 13.0. The first-order valence-corrected chi connectivity index (χ1v) is 6.95. The summed E-state index contributed by atoms with van der Waals surface area (Å²) in [7, 11) is 1.91. The quantitative estimate of drug-likeness (QED) is 0.792. The van der Waals surface area contributed by atoms with E-state index in [0.29, 0.717) is 5.92 Å². The van der Waals surface area contributed by atoms with Gasteiger partial charge in [0.2, 0.25) is 0 Å². The molecule has 2 N–H and O–H groups in total. The van der Waals surface area contributed by atoms with E-state index in [1.54, 1.807) is 12.1 Å². The van der Waals surface area contributed by atoms with Gasteiger partial charge in [0.05, 0.1) is 12.1 Å². The highest BCUT2D eigenvalue weighted by Crippen LogP contribution is 2.40. The van der Waals surface area contributed by atoms with Crippen LogP contribution in [0.2, 0.25) is 0 Å². The first-order valence-electron chi connectivity index (χ1n) is 6.95. The normalized spacial score (nSPS) is 18.1. The minimum atomic E-state index is -0.246. The Morgan fingerprint density at radius 1 is 1.37 bits per heavy atom. The summed E-state index contributed by atoms with van der Waals surface area (Å²) in [6, 6.07) is 6.55. The summed E-state index contributed by atoms with van der Waals surface area (Å²) < 4.78 is 13.0. The SMILES string of the molecule is CCN(CC(CO)(NC)C1CC1)c1ccc(F)cc1. The van der Waals surface area contributed by atoms with E-state index < -0.39 is 0 Å². The Balaban J connectivity index is 2.15. The molecule has 2 rings (SSSR count). The molecule has 1 aromatic rings. The molecule has 1 aromatic carbocycles. The van der Waals surface area contributed by atoms with Crippen LogP contribution in [0.15, 0.2) is 24.3 Å². The van der Waals surface area contributed by atoms with E-state index in [-0.39, 0.29) is 18.0 Å². The zero-order valence-corrected chi connectivity index (χ0v) is 11.7. The van der Waals surface area contributed by atoms with Gasteiger partial charge in [0.25, 0.3) is 0 Å². The van der Waals surface area contributed by atoms with E-state index in [1.807, 2.05) is 7.05 Å². The topological polar surface area (TPSA) is 35.5 Å². The third-order valence-corrected chi connectivity index (χ3v) is 4.19. The van der Waals surface area contributed by atoms with Crippen molar-refractivity contribution in [2.75, 3.05) is 31.6 Å². The lowest BCUT2D eigenvalue weighted by atomic mass is 9.93. The van der Waals surface area contributed by atoms with Gasteiger partial charge in [-0.15, -0.1) is 0 Å². The van der Waals surface area contributed by atoms with Crippen LogP contribution in [0.25, 0.3) is 0 Å². The second-order valence-corrected chi connectivity index (χ2v) is 5.33. The zero-order chi connectivity index (χ0) is 13.9. The summed E-state index contributed by atoms with van der Waals surface area (Å²) in [5, 5.41) is 13.1. The Bertz CT molecular complexity index is 399. The van der Waals surface area contributed by atoms with Gasteiger partial charge in [-0.1, -0.05) is 0 Å². The molecule has 1 saturated carbocycles. The van der Waals surface area contributed by atoms with E-state index in [9.17, 15) is 9.50 Å². The molecule has 4 heteroatoms. The molecule has 0 heterocycles. The molecule has 1 aliphatic rings. The van der Waals surface area contributed by atoms with E-state index in [1.165, 1.54) is 25.0 Å². The van der Waals surface area contributed by atoms with Gasteiger partial charge >= 0.3 is 0 Å². The second-order valence-electron chi connectivity index (χ2n) is 5.33. The fraction of sp³-hybridized carbons (Fsp3) is 0.600. The molecular weight excluding hydrogens is 243 g/mol. The number of hydrogen-bond donors (Lipinski definition) is 2. The van der Waals surface area contributed by atoms with Gasteiger partial charge in [0.15, 0.2) is 0 Å². The summed E-state index contributed by atoms with van der Waals surface area (Å²) in [5.41, 5.74) is 0.752. The van der Waals surface area contributed by atoms with Gasteiger partial charge in [0, 0.05) is 18.8 Å². The zero-order valence-electron chi connectivity index (χ0n) is 11.7. The van der Waals surface area contributed by atoms with Gasteiger partial charge in [-0.2, -0.15) is 0 Å². The van der Waals surface area contributed by atoms with E-state index >= 15 is 0 Å². The van der Waals surface area contributed by atoms with Crippen LogP contribution in [0.3, 0.4) is 0 Å². The minimum absolute atomic E-state index is 0.131. The molecule has 1 atom stereocenters. The number of nitrogens with zero attached hydrogens (tertiary/aromatic N) is 1. The number of likely N-dealkylation sites (N-methyl/N-ethyl adjacent to an activating group) is 2. The number of benzene rings is 1. The molecule has 0 radical (unpaired) electrons. The second kappa shape index (κ2) is 5.88. The molecular formula is C15H23FN2O. The van der Waals surface area contributed by atoms with Crippen molar-refractivity contribution in [3.8, 4) is 0 Å². The Hall–Kier alpha value is -1.13. The highest BCUT2D eigenvalue weighted by molar-refractivity contribution is 5.46. The predicted octanol–water partition coefficient (Wildman–Crippen LogP) is 2.01. The number of nitrogens with one attached hydrogen (secondary N) is 1. The summed E-state index contributed by atoms with van der Waals surface area (Å²) >= 11 is 0. The fourth-order valence-corrected chi connectivity index (χ4v) is 2.68. The number of halogens is 1. The van der Waals surface area contributed by atoms with Crippen LogP contribution >= 0.6 is 0 Å². The highest BCUT2D eigenvalue weighted by atomic mass is 19.1. The number of hydrogen-bond acceptors (Lipinski definition) is 3. The predicted molar refractivity (Wildman–Crippen MR) is 75.9 cm³/mol. The Morgan fingerprint density at radius 3 is 2.42 bits per heavy atom. The monoisotopic (exact) mass is 266 g/mol. The van der Waals surface area contributed by atoms with Crippen LogP contribution in [0.4, 0.5) is 10.1 Å². The third kappa shape index (κ3) is 3.07. The summed E-state index contributed by atoms with van der Waals surface area (Å²) in [6.45, 7) is 3.79. The van der Waals surface area contributed by atoms with Crippen LogP contribution in [0.1, 0.15) is 19.8 Å². The van der Waals surface area contributed by atoms with E-state index in [0.717, 1.165) is 18.8 Å². The summed E-state index contributed by atoms with van der Waals surface area (Å²) in [4.78, 5) is 2.18. The Labute approximate surface area is 114 Å². The maximum Gasteiger partial charge on any atom is 0.123 e.